The number of nitrogens with two attached hydrogens (primary N) is 1. The molecule has 1 aromatic rings. The maximum atomic E-state index is 5.59. The Hall–Kier alpha value is -1.36. The monoisotopic (exact) mass is 252 g/mol. The zero-order valence-corrected chi connectivity index (χ0v) is 11.6. The molecule has 0 fully saturated rings. The van der Waals surface area contributed by atoms with Gasteiger partial charge in [0.1, 0.15) is 12.1 Å². The third kappa shape index (κ3) is 4.14. The average molecular weight is 252 g/mol. The van der Waals surface area contributed by atoms with E-state index in [1.165, 1.54) is 6.33 Å². The molecule has 1 atom stereocenters. The van der Waals surface area contributed by atoms with E-state index in [4.69, 9.17) is 10.5 Å². The van der Waals surface area contributed by atoms with E-state index in [9.17, 15) is 0 Å². The lowest BCUT2D eigenvalue weighted by Gasteiger charge is -2.16. The Balaban J connectivity index is 2.63. The van der Waals surface area contributed by atoms with Gasteiger partial charge in [-0.15, -0.1) is 0 Å². The van der Waals surface area contributed by atoms with Crippen molar-refractivity contribution >= 4 is 5.82 Å². The zero-order chi connectivity index (χ0) is 13.4. The molecule has 1 aromatic heterocycles. The van der Waals surface area contributed by atoms with Crippen LogP contribution in [0.2, 0.25) is 0 Å². The van der Waals surface area contributed by atoms with Crippen LogP contribution < -0.4 is 15.8 Å². The van der Waals surface area contributed by atoms with Crippen LogP contribution in [0, 0.1) is 12.8 Å². The lowest BCUT2D eigenvalue weighted by atomic mass is 10.0. The largest absolute Gasteiger partial charge is 0.478 e. The summed E-state index contributed by atoms with van der Waals surface area (Å²) in [5, 5.41) is 3.36. The minimum absolute atomic E-state index is 0.583. The molecule has 0 aliphatic heterocycles. The number of nitrogens with one attached hydrogen (secondary N) is 1. The Morgan fingerprint density at radius 1 is 1.39 bits per heavy atom. The lowest BCUT2D eigenvalue weighted by molar-refractivity contribution is 0.324. The first-order valence-corrected chi connectivity index (χ1v) is 6.61. The molecule has 0 saturated heterocycles. The Labute approximate surface area is 109 Å². The molecule has 0 aliphatic rings. The molecule has 0 saturated carbocycles. The van der Waals surface area contributed by atoms with Crippen molar-refractivity contribution in [1.29, 1.82) is 0 Å². The van der Waals surface area contributed by atoms with Gasteiger partial charge in [0, 0.05) is 6.54 Å². The molecule has 1 heterocycles. The van der Waals surface area contributed by atoms with Crippen LogP contribution >= 0.6 is 0 Å². The first-order valence-electron chi connectivity index (χ1n) is 6.61. The van der Waals surface area contributed by atoms with Crippen molar-refractivity contribution in [2.24, 2.45) is 11.7 Å². The summed E-state index contributed by atoms with van der Waals surface area (Å²) in [6.45, 7) is 8.33. The van der Waals surface area contributed by atoms with Crippen LogP contribution in [-0.4, -0.2) is 29.7 Å². The normalized spacial score (nSPS) is 12.2. The van der Waals surface area contributed by atoms with E-state index in [1.54, 1.807) is 0 Å². The Kier molecular flexibility index (Phi) is 6.43. The predicted octanol–water partition coefficient (Wildman–Crippen LogP) is 1.97. The third-order valence-electron chi connectivity index (χ3n) is 3.03. The topological polar surface area (TPSA) is 73.1 Å². The lowest BCUT2D eigenvalue weighted by Crippen LogP contribution is -2.18. The number of nitrogens with zero attached hydrogens (tertiary/aromatic N) is 2. The van der Waals surface area contributed by atoms with Gasteiger partial charge in [-0.1, -0.05) is 13.3 Å². The van der Waals surface area contributed by atoms with Crippen molar-refractivity contribution in [2.75, 3.05) is 25.0 Å². The van der Waals surface area contributed by atoms with Gasteiger partial charge in [-0.3, -0.25) is 0 Å². The van der Waals surface area contributed by atoms with Gasteiger partial charge in [-0.05, 0) is 32.7 Å². The van der Waals surface area contributed by atoms with Gasteiger partial charge in [-0.25, -0.2) is 9.97 Å². The molecule has 0 aliphatic carbocycles. The smallest absolute Gasteiger partial charge is 0.221 e. The van der Waals surface area contributed by atoms with Crippen LogP contribution in [0.5, 0.6) is 5.88 Å². The van der Waals surface area contributed by atoms with Crippen LogP contribution in [0.1, 0.15) is 32.3 Å². The molecule has 0 spiro atoms. The predicted molar refractivity (Wildman–Crippen MR) is 73.9 cm³/mol. The van der Waals surface area contributed by atoms with Crippen molar-refractivity contribution in [1.82, 2.24) is 9.97 Å². The molecule has 0 radical (unpaired) electrons. The van der Waals surface area contributed by atoms with Gasteiger partial charge in [0.25, 0.3) is 0 Å². The summed E-state index contributed by atoms with van der Waals surface area (Å²) in [5.74, 6) is 2.09. The van der Waals surface area contributed by atoms with Crippen LogP contribution in [0.4, 0.5) is 5.82 Å². The highest BCUT2D eigenvalue weighted by molar-refractivity contribution is 5.47. The van der Waals surface area contributed by atoms with E-state index in [1.807, 2.05) is 13.8 Å². The third-order valence-corrected chi connectivity index (χ3v) is 3.03. The molecule has 18 heavy (non-hydrogen) atoms. The number of hydrogen-bond acceptors (Lipinski definition) is 5. The van der Waals surface area contributed by atoms with Gasteiger partial charge in [0.2, 0.25) is 5.88 Å². The first kappa shape index (κ1) is 14.7. The molecule has 5 heteroatoms. The van der Waals surface area contributed by atoms with Gasteiger partial charge < -0.3 is 15.8 Å². The van der Waals surface area contributed by atoms with E-state index in [0.717, 1.165) is 37.3 Å². The van der Waals surface area contributed by atoms with Gasteiger partial charge in [0.15, 0.2) is 0 Å². The van der Waals surface area contributed by atoms with Crippen LogP contribution in [0.25, 0.3) is 0 Å². The second-order valence-corrected chi connectivity index (χ2v) is 4.32. The van der Waals surface area contributed by atoms with E-state index in [2.05, 4.69) is 22.2 Å². The molecule has 0 aromatic carbocycles. The van der Waals surface area contributed by atoms with Crippen molar-refractivity contribution in [3.05, 3.63) is 11.9 Å². The maximum absolute atomic E-state index is 5.59. The summed E-state index contributed by atoms with van der Waals surface area (Å²) in [6.07, 6.45) is 3.68. The molecule has 0 amide bonds. The van der Waals surface area contributed by atoms with E-state index in [0.29, 0.717) is 18.4 Å². The molecule has 1 unspecified atom stereocenters. The standard InChI is InChI=1S/C13H24N4O/c1-4-11(6-7-14)8-15-12-10(3)13(18-5-2)17-9-16-12/h9,11H,4-8,14H2,1-3H3,(H,15,16,17). The SMILES string of the molecule is CCOc1ncnc(NCC(CC)CCN)c1C. The zero-order valence-electron chi connectivity index (χ0n) is 11.6. The molecular weight excluding hydrogens is 228 g/mol. The second kappa shape index (κ2) is 7.87. The van der Waals surface area contributed by atoms with Gasteiger partial charge in [-0.2, -0.15) is 0 Å². The Bertz CT molecular complexity index is 357. The minimum atomic E-state index is 0.583. The van der Waals surface area contributed by atoms with Gasteiger partial charge in [0.05, 0.1) is 12.2 Å². The maximum Gasteiger partial charge on any atom is 0.221 e. The number of aromatic nitrogens is 2. The molecular formula is C13H24N4O. The number of anilines is 1. The Morgan fingerprint density at radius 2 is 2.17 bits per heavy atom. The molecule has 1 rings (SSSR count). The van der Waals surface area contributed by atoms with E-state index >= 15 is 0 Å². The number of hydrogen-bond donors (Lipinski definition) is 2. The quantitative estimate of drug-likeness (QED) is 0.740. The Morgan fingerprint density at radius 3 is 2.78 bits per heavy atom. The fourth-order valence-corrected chi connectivity index (χ4v) is 1.82. The van der Waals surface area contributed by atoms with Crippen molar-refractivity contribution in [3.63, 3.8) is 0 Å². The highest BCUT2D eigenvalue weighted by Crippen LogP contribution is 2.21. The fourth-order valence-electron chi connectivity index (χ4n) is 1.82. The van der Waals surface area contributed by atoms with Gasteiger partial charge >= 0.3 is 0 Å². The van der Waals surface area contributed by atoms with Crippen molar-refractivity contribution in [2.45, 2.75) is 33.6 Å². The summed E-state index contributed by atoms with van der Waals surface area (Å²) >= 11 is 0. The summed E-state index contributed by atoms with van der Waals surface area (Å²) < 4.78 is 5.45. The van der Waals surface area contributed by atoms with Crippen molar-refractivity contribution < 1.29 is 4.74 Å². The van der Waals surface area contributed by atoms with Crippen LogP contribution in [-0.2, 0) is 0 Å². The van der Waals surface area contributed by atoms with E-state index in [-0.39, 0.29) is 0 Å². The summed E-state index contributed by atoms with van der Waals surface area (Å²) in [6, 6.07) is 0. The van der Waals surface area contributed by atoms with Crippen LogP contribution in [0.3, 0.4) is 0 Å². The summed E-state index contributed by atoms with van der Waals surface area (Å²) in [5.41, 5.74) is 6.55. The number of ether oxygens (including phenoxy) is 1. The second-order valence-electron chi connectivity index (χ2n) is 4.32. The molecule has 3 N–H and O–H groups in total. The number of rotatable bonds is 8. The minimum Gasteiger partial charge on any atom is -0.478 e. The molecule has 0 bridgehead atoms. The van der Waals surface area contributed by atoms with Crippen molar-refractivity contribution in [3.8, 4) is 5.88 Å². The summed E-state index contributed by atoms with van der Waals surface area (Å²) in [7, 11) is 0. The summed E-state index contributed by atoms with van der Waals surface area (Å²) in [4.78, 5) is 8.37. The first-order chi connectivity index (χ1) is 8.72. The molecule has 102 valence electrons. The average Bonchev–Trinajstić information content (AvgIpc) is 2.38. The fraction of sp³-hybridized carbons (Fsp3) is 0.692. The highest BCUT2D eigenvalue weighted by Gasteiger charge is 2.10. The molecule has 5 nitrogen and oxygen atoms in total. The van der Waals surface area contributed by atoms with Crippen LogP contribution in [0.15, 0.2) is 6.33 Å². The van der Waals surface area contributed by atoms with E-state index < -0.39 is 0 Å². The highest BCUT2D eigenvalue weighted by atomic mass is 16.5.